The highest BCUT2D eigenvalue weighted by Gasteiger charge is 2.22. The van der Waals surface area contributed by atoms with Crippen molar-refractivity contribution in [2.24, 2.45) is 0 Å². The predicted octanol–water partition coefficient (Wildman–Crippen LogP) is 3.54. The number of pyridine rings is 1. The van der Waals surface area contributed by atoms with E-state index in [1.807, 2.05) is 49.6 Å². The molecule has 9 heteroatoms. The maximum Gasteiger partial charge on any atom is 0.294 e. The predicted molar refractivity (Wildman–Crippen MR) is 117 cm³/mol. The van der Waals surface area contributed by atoms with Gasteiger partial charge in [0.05, 0.1) is 21.4 Å². The summed E-state index contributed by atoms with van der Waals surface area (Å²) in [4.78, 5) is -0.213. The van der Waals surface area contributed by atoms with Crippen molar-refractivity contribution in [3.05, 3.63) is 53.1 Å². The number of fused-ring (bicyclic) bond motifs is 2. The number of hydrogen-bond donors (Lipinski definition) is 2. The van der Waals surface area contributed by atoms with E-state index in [2.05, 4.69) is 0 Å². The van der Waals surface area contributed by atoms with Crippen molar-refractivity contribution >= 4 is 48.1 Å². The molecule has 7 nitrogen and oxygen atoms in total. The molecule has 3 aromatic rings. The molecule has 0 unspecified atom stereocenters. The summed E-state index contributed by atoms with van der Waals surface area (Å²) in [5, 5.41) is 1.50. The van der Waals surface area contributed by atoms with Crippen molar-refractivity contribution in [2.45, 2.75) is 38.6 Å². The van der Waals surface area contributed by atoms with Gasteiger partial charge in [0, 0.05) is 24.1 Å². The fourth-order valence-electron chi connectivity index (χ4n) is 3.59. The van der Waals surface area contributed by atoms with Crippen LogP contribution in [0.2, 0.25) is 0 Å². The molecule has 2 N–H and O–H groups in total. The van der Waals surface area contributed by atoms with Gasteiger partial charge in [-0.15, -0.1) is 0 Å². The maximum absolute atomic E-state index is 11.7. The zero-order chi connectivity index (χ0) is 22.3. The molecule has 0 atom stereocenters. The molecule has 3 rings (SSSR count). The summed E-state index contributed by atoms with van der Waals surface area (Å²) in [6, 6.07) is 10.2. The van der Waals surface area contributed by atoms with Crippen LogP contribution in [-0.4, -0.2) is 31.7 Å². The molecule has 160 valence electrons. The molecule has 2 aromatic carbocycles. The summed E-state index contributed by atoms with van der Waals surface area (Å²) in [7, 11) is -8.49. The molecule has 0 saturated heterocycles. The lowest BCUT2D eigenvalue weighted by Crippen LogP contribution is -2.37. The van der Waals surface area contributed by atoms with Gasteiger partial charge in [0.2, 0.25) is 11.0 Å². The van der Waals surface area contributed by atoms with Gasteiger partial charge in [0.1, 0.15) is 0 Å². The van der Waals surface area contributed by atoms with Crippen molar-refractivity contribution in [1.29, 1.82) is 0 Å². The van der Waals surface area contributed by atoms with Gasteiger partial charge in [-0.2, -0.15) is 21.4 Å². The van der Waals surface area contributed by atoms with Crippen LogP contribution in [0.25, 0.3) is 27.9 Å². The minimum absolute atomic E-state index is 0.184. The summed E-state index contributed by atoms with van der Waals surface area (Å²) >= 11 is 0. The number of benzene rings is 2. The van der Waals surface area contributed by atoms with Gasteiger partial charge in [0.25, 0.3) is 20.2 Å². The maximum atomic E-state index is 11.7. The monoisotopic (exact) mass is 450 g/mol. The highest BCUT2D eigenvalue weighted by atomic mass is 32.2. The Morgan fingerprint density at radius 1 is 0.967 bits per heavy atom. The van der Waals surface area contributed by atoms with Gasteiger partial charge in [0.15, 0.2) is 6.54 Å². The number of nitrogens with zero attached hydrogens (tertiary/aromatic N) is 1. The minimum atomic E-state index is -4.39. The zero-order valence-electron chi connectivity index (χ0n) is 17.0. The molecule has 0 radical (unpaired) electrons. The van der Waals surface area contributed by atoms with Crippen LogP contribution >= 0.6 is 0 Å². The van der Waals surface area contributed by atoms with Gasteiger partial charge >= 0.3 is 0 Å². The first-order valence-corrected chi connectivity index (χ1v) is 12.4. The summed E-state index contributed by atoms with van der Waals surface area (Å²) in [6.45, 7) is 6.13. The van der Waals surface area contributed by atoms with Crippen LogP contribution in [0.4, 0.5) is 0 Å². The van der Waals surface area contributed by atoms with Crippen molar-refractivity contribution < 1.29 is 30.5 Å². The molecule has 0 aliphatic carbocycles. The quantitative estimate of drug-likeness (QED) is 0.337. The van der Waals surface area contributed by atoms with Gasteiger partial charge in [-0.05, 0) is 39.0 Å². The molecule has 1 aromatic heterocycles. The van der Waals surface area contributed by atoms with E-state index < -0.39 is 20.2 Å². The van der Waals surface area contributed by atoms with Crippen LogP contribution in [0.3, 0.4) is 0 Å². The second-order valence-corrected chi connectivity index (χ2v) is 10.6. The van der Waals surface area contributed by atoms with Gasteiger partial charge in [-0.25, -0.2) is 0 Å². The molecule has 0 aliphatic heterocycles. The second-order valence-electron chi connectivity index (χ2n) is 7.60. The van der Waals surface area contributed by atoms with Crippen molar-refractivity contribution in [1.82, 2.24) is 0 Å². The number of aromatic nitrogens is 1. The summed E-state index contributed by atoms with van der Waals surface area (Å²) in [6.07, 6.45) is 2.14. The van der Waals surface area contributed by atoms with Gasteiger partial charge in [-0.1, -0.05) is 23.3 Å². The topological polar surface area (TPSA) is 113 Å². The van der Waals surface area contributed by atoms with E-state index in [1.165, 1.54) is 12.1 Å². The van der Waals surface area contributed by atoms with E-state index in [0.717, 1.165) is 27.6 Å². The van der Waals surface area contributed by atoms with E-state index in [-0.39, 0.29) is 17.1 Å². The summed E-state index contributed by atoms with van der Waals surface area (Å²) < 4.78 is 66.3. The molecule has 1 heterocycles. The molecule has 0 bridgehead atoms. The smallest absolute Gasteiger partial charge is 0.286 e. The SMILES string of the molecule is CC(C)=Cc1c2cc(C)ccc2[n+](CCCS(=O)(=O)O)c2ccc(S(=O)(=O)O)cc12. The molecular formula is C21H24NO6S2+. The molecule has 0 aliphatic rings. The highest BCUT2D eigenvalue weighted by Crippen LogP contribution is 2.30. The Kier molecular flexibility index (Phi) is 6.01. The molecular weight excluding hydrogens is 426 g/mol. The first-order valence-electron chi connectivity index (χ1n) is 9.34. The largest absolute Gasteiger partial charge is 0.294 e. The van der Waals surface area contributed by atoms with Crippen LogP contribution in [-0.2, 0) is 26.8 Å². The lowest BCUT2D eigenvalue weighted by molar-refractivity contribution is -0.645. The number of aryl methyl sites for hydroxylation is 2. The Hall–Kier alpha value is -2.33. The lowest BCUT2D eigenvalue weighted by atomic mass is 9.98. The van der Waals surface area contributed by atoms with Gasteiger partial charge in [-0.3, -0.25) is 9.11 Å². The van der Waals surface area contributed by atoms with Crippen molar-refractivity contribution in [3.63, 3.8) is 0 Å². The standard InChI is InChI=1S/C21H23NO6S2/c1-14(2)11-17-18-12-15(3)5-7-20(18)22(9-4-10-29(23,24)25)21-8-6-16(13-19(17)21)30(26,27)28/h5-8,11-13H,4,9-10H2,1-3H3,(H-,23,24,25,26,27,28)/p+1. The van der Waals surface area contributed by atoms with E-state index in [9.17, 15) is 21.4 Å². The number of hydrogen-bond acceptors (Lipinski definition) is 4. The van der Waals surface area contributed by atoms with E-state index in [4.69, 9.17) is 4.55 Å². The van der Waals surface area contributed by atoms with Crippen LogP contribution in [0.5, 0.6) is 0 Å². The fourth-order valence-corrected chi connectivity index (χ4v) is 4.59. The highest BCUT2D eigenvalue weighted by molar-refractivity contribution is 7.86. The van der Waals surface area contributed by atoms with Crippen LogP contribution in [0.1, 0.15) is 31.4 Å². The fraction of sp³-hybridized carbons (Fsp3) is 0.286. The minimum Gasteiger partial charge on any atom is -0.286 e. The Balaban J connectivity index is 2.42. The molecule has 0 spiro atoms. The zero-order valence-corrected chi connectivity index (χ0v) is 18.6. The Morgan fingerprint density at radius 2 is 1.57 bits per heavy atom. The third-order valence-corrected chi connectivity index (χ3v) is 6.45. The van der Waals surface area contributed by atoms with Crippen molar-refractivity contribution in [2.75, 3.05) is 5.75 Å². The number of allylic oxidation sites excluding steroid dienone is 1. The average molecular weight is 451 g/mol. The Bertz CT molecular complexity index is 1390. The van der Waals surface area contributed by atoms with Crippen LogP contribution in [0.15, 0.2) is 46.9 Å². The third-order valence-electron chi connectivity index (χ3n) is 4.80. The number of rotatable bonds is 6. The van der Waals surface area contributed by atoms with Crippen LogP contribution in [0, 0.1) is 6.92 Å². The van der Waals surface area contributed by atoms with Crippen molar-refractivity contribution in [3.8, 4) is 0 Å². The van der Waals surface area contributed by atoms with Crippen LogP contribution < -0.4 is 4.57 Å². The molecule has 0 saturated carbocycles. The Morgan fingerprint density at radius 3 is 2.13 bits per heavy atom. The summed E-state index contributed by atoms with van der Waals surface area (Å²) in [5.41, 5.74) is 4.40. The van der Waals surface area contributed by atoms with Gasteiger partial charge < -0.3 is 0 Å². The third kappa shape index (κ3) is 4.86. The first kappa shape index (κ1) is 22.4. The lowest BCUT2D eigenvalue weighted by Gasteiger charge is -2.12. The van der Waals surface area contributed by atoms with E-state index >= 15 is 0 Å². The molecule has 30 heavy (non-hydrogen) atoms. The van der Waals surface area contributed by atoms with E-state index in [0.29, 0.717) is 17.4 Å². The Labute approximate surface area is 176 Å². The average Bonchev–Trinajstić information content (AvgIpc) is 2.61. The molecule has 0 amide bonds. The second kappa shape index (κ2) is 8.07. The summed E-state index contributed by atoms with van der Waals surface area (Å²) in [5.74, 6) is -0.381. The molecule has 0 fully saturated rings. The normalized spacial score (nSPS) is 12.4. The van der Waals surface area contributed by atoms with E-state index in [1.54, 1.807) is 6.07 Å². The first-order chi connectivity index (χ1) is 13.9.